The van der Waals surface area contributed by atoms with Gasteiger partial charge in [0.05, 0.1) is 43.0 Å². The molecular formula is C25H20FN5O3. The number of halogens is 1. The molecule has 3 aliphatic heterocycles. The van der Waals surface area contributed by atoms with Gasteiger partial charge in [-0.2, -0.15) is 4.98 Å². The zero-order valence-electron chi connectivity index (χ0n) is 18.0. The third-order valence-corrected chi connectivity index (χ3v) is 6.90. The maximum Gasteiger partial charge on any atom is 0.254 e. The van der Waals surface area contributed by atoms with Crippen LogP contribution in [0.15, 0.2) is 48.8 Å². The van der Waals surface area contributed by atoms with Crippen molar-refractivity contribution in [3.05, 3.63) is 71.3 Å². The Bertz CT molecular complexity index is 1480. The van der Waals surface area contributed by atoms with Gasteiger partial charge in [0.15, 0.2) is 0 Å². The van der Waals surface area contributed by atoms with E-state index in [1.165, 1.54) is 12.1 Å². The lowest BCUT2D eigenvalue weighted by atomic mass is 9.88. The summed E-state index contributed by atoms with van der Waals surface area (Å²) in [5.41, 5.74) is 5.34. The number of imidazole rings is 1. The van der Waals surface area contributed by atoms with Crippen molar-refractivity contribution in [2.24, 2.45) is 5.92 Å². The summed E-state index contributed by atoms with van der Waals surface area (Å²) >= 11 is 0. The summed E-state index contributed by atoms with van der Waals surface area (Å²) in [5, 5.41) is 6.22. The molecule has 3 aromatic heterocycles. The number of fused-ring (bicyclic) bond motifs is 5. The predicted molar refractivity (Wildman–Crippen MR) is 122 cm³/mol. The van der Waals surface area contributed by atoms with Crippen molar-refractivity contribution in [1.82, 2.24) is 19.7 Å². The van der Waals surface area contributed by atoms with Gasteiger partial charge in [0.1, 0.15) is 17.3 Å². The van der Waals surface area contributed by atoms with E-state index in [4.69, 9.17) is 9.47 Å². The third kappa shape index (κ3) is 2.90. The summed E-state index contributed by atoms with van der Waals surface area (Å²) in [5.74, 6) is 1.42. The Morgan fingerprint density at radius 2 is 2.09 bits per heavy atom. The number of carbonyl (C=O) groups excluding carboxylic acids is 1. The highest BCUT2D eigenvalue weighted by Gasteiger charge is 2.36. The Hall–Kier alpha value is -3.98. The first kappa shape index (κ1) is 19.5. The number of nitrogens with one attached hydrogen (secondary N) is 2. The zero-order chi connectivity index (χ0) is 22.8. The largest absolute Gasteiger partial charge is 0.477 e. The van der Waals surface area contributed by atoms with E-state index in [2.05, 4.69) is 20.6 Å². The molecule has 8 nitrogen and oxygen atoms in total. The second-order valence-corrected chi connectivity index (χ2v) is 8.84. The Kier molecular flexibility index (Phi) is 4.16. The first-order valence-corrected chi connectivity index (χ1v) is 11.2. The molecule has 2 N–H and O–H groups in total. The smallest absolute Gasteiger partial charge is 0.254 e. The topological polar surface area (TPSA) is 89.8 Å². The minimum absolute atomic E-state index is 0.153. The number of hydrogen-bond acceptors (Lipinski definition) is 6. The first-order chi connectivity index (χ1) is 16.7. The second kappa shape index (κ2) is 7.26. The van der Waals surface area contributed by atoms with Gasteiger partial charge in [-0.3, -0.25) is 9.20 Å². The van der Waals surface area contributed by atoms with E-state index in [9.17, 15) is 9.18 Å². The molecule has 0 spiro atoms. The molecule has 0 bridgehead atoms. The van der Waals surface area contributed by atoms with Crippen LogP contribution in [-0.2, 0) is 11.3 Å². The maximum atomic E-state index is 13.6. The molecule has 0 unspecified atom stereocenters. The van der Waals surface area contributed by atoms with Crippen LogP contribution in [0.25, 0.3) is 16.9 Å². The molecule has 1 fully saturated rings. The Morgan fingerprint density at radius 1 is 1.15 bits per heavy atom. The molecule has 1 aromatic carbocycles. The highest BCUT2D eigenvalue weighted by atomic mass is 19.1. The summed E-state index contributed by atoms with van der Waals surface area (Å²) in [6.45, 7) is 2.42. The summed E-state index contributed by atoms with van der Waals surface area (Å²) in [6, 6.07) is 10.5. The summed E-state index contributed by atoms with van der Waals surface area (Å²) in [6.07, 6.45) is 3.34. The first-order valence-electron chi connectivity index (χ1n) is 11.2. The van der Waals surface area contributed by atoms with E-state index < -0.39 is 0 Å². The summed E-state index contributed by atoms with van der Waals surface area (Å²) in [4.78, 5) is 21.8. The van der Waals surface area contributed by atoms with E-state index >= 15 is 0 Å². The van der Waals surface area contributed by atoms with E-state index in [1.54, 1.807) is 12.4 Å². The Morgan fingerprint density at radius 3 is 3.03 bits per heavy atom. The number of aromatic nitrogens is 3. The highest BCUT2D eigenvalue weighted by Crippen LogP contribution is 2.41. The third-order valence-electron chi connectivity index (χ3n) is 6.90. The number of anilines is 2. The molecule has 0 radical (unpaired) electrons. The number of amides is 1. The molecule has 6 heterocycles. The Balaban J connectivity index is 1.27. The van der Waals surface area contributed by atoms with Gasteiger partial charge < -0.3 is 20.1 Å². The molecule has 9 heteroatoms. The van der Waals surface area contributed by atoms with Crippen molar-refractivity contribution >= 4 is 23.1 Å². The van der Waals surface area contributed by atoms with Crippen molar-refractivity contribution in [1.29, 1.82) is 0 Å². The van der Waals surface area contributed by atoms with E-state index in [0.29, 0.717) is 60.2 Å². The fraction of sp³-hybridized carbons (Fsp3) is 0.240. The van der Waals surface area contributed by atoms with Gasteiger partial charge in [-0.1, -0.05) is 6.07 Å². The van der Waals surface area contributed by atoms with Crippen LogP contribution in [0.2, 0.25) is 0 Å². The van der Waals surface area contributed by atoms with Gasteiger partial charge in [0.2, 0.25) is 5.88 Å². The molecule has 4 aromatic rings. The number of ether oxygens (including phenoxy) is 2. The van der Waals surface area contributed by atoms with Gasteiger partial charge in [-0.05, 0) is 29.8 Å². The van der Waals surface area contributed by atoms with Crippen molar-refractivity contribution in [2.45, 2.75) is 12.5 Å². The van der Waals surface area contributed by atoms with Crippen molar-refractivity contribution < 1.29 is 18.7 Å². The van der Waals surface area contributed by atoms with Gasteiger partial charge >= 0.3 is 0 Å². The molecule has 1 amide bonds. The maximum absolute atomic E-state index is 13.6. The van der Waals surface area contributed by atoms with Crippen molar-refractivity contribution in [2.75, 3.05) is 25.1 Å². The van der Waals surface area contributed by atoms with Gasteiger partial charge in [-0.15, -0.1) is 0 Å². The second-order valence-electron chi connectivity index (χ2n) is 8.84. The summed E-state index contributed by atoms with van der Waals surface area (Å²) in [7, 11) is 0. The van der Waals surface area contributed by atoms with Crippen molar-refractivity contribution in [3.63, 3.8) is 0 Å². The number of nitrogens with zero attached hydrogens (tertiary/aromatic N) is 3. The van der Waals surface area contributed by atoms with Crippen LogP contribution in [0.3, 0.4) is 0 Å². The van der Waals surface area contributed by atoms with Crippen LogP contribution >= 0.6 is 0 Å². The summed E-state index contributed by atoms with van der Waals surface area (Å²) < 4.78 is 26.9. The molecule has 34 heavy (non-hydrogen) atoms. The van der Waals surface area contributed by atoms with E-state index in [0.717, 1.165) is 29.0 Å². The lowest BCUT2D eigenvalue weighted by Gasteiger charge is -2.26. The van der Waals surface area contributed by atoms with Crippen LogP contribution in [0, 0.1) is 11.7 Å². The van der Waals surface area contributed by atoms with Crippen LogP contribution in [-0.4, -0.2) is 40.1 Å². The zero-order valence-corrected chi connectivity index (χ0v) is 18.0. The molecule has 3 aliphatic rings. The monoisotopic (exact) mass is 457 g/mol. The van der Waals surface area contributed by atoms with Gasteiger partial charge in [0, 0.05) is 41.8 Å². The average Bonchev–Trinajstić information content (AvgIpc) is 3.58. The predicted octanol–water partition coefficient (Wildman–Crippen LogP) is 3.64. The minimum atomic E-state index is -0.344. The van der Waals surface area contributed by atoms with Crippen LogP contribution in [0.4, 0.5) is 15.9 Å². The van der Waals surface area contributed by atoms with Crippen LogP contribution in [0.5, 0.6) is 5.88 Å². The quantitative estimate of drug-likeness (QED) is 0.488. The number of hydrogen-bond donors (Lipinski definition) is 2. The van der Waals surface area contributed by atoms with Gasteiger partial charge in [-0.25, -0.2) is 9.37 Å². The number of carbonyl (C=O) groups is 1. The normalized spacial score (nSPS) is 20.4. The van der Waals surface area contributed by atoms with Crippen LogP contribution < -0.4 is 15.4 Å². The van der Waals surface area contributed by atoms with Gasteiger partial charge in [0.25, 0.3) is 5.91 Å². The lowest BCUT2D eigenvalue weighted by molar-refractivity contribution is 0.0966. The fourth-order valence-corrected chi connectivity index (χ4v) is 5.20. The Labute approximate surface area is 193 Å². The molecule has 7 rings (SSSR count). The molecule has 0 aliphatic carbocycles. The SMILES string of the molecule is O=C1NCc2c(-c3cnc4cc(F)ccn34)ccc(Nc3ccc4c(n3)OC[C@H]3COC[C@@H]43)c21. The number of benzene rings is 1. The van der Waals surface area contributed by atoms with E-state index in [-0.39, 0.29) is 11.7 Å². The molecule has 1 saturated heterocycles. The molecule has 0 saturated carbocycles. The van der Waals surface area contributed by atoms with E-state index in [1.807, 2.05) is 28.7 Å². The standard InChI is InChI=1S/C25H20FN5O3/c26-14-5-6-31-20(9-27-22(31)7-14)15-1-3-19(23-17(15)8-28-24(23)32)29-21-4-2-16-18-12-33-10-13(18)11-34-25(16)30-21/h1-7,9,13,18H,8,10-12H2,(H,28,32)(H,29,30)/t13-,18-/m1/s1. The molecule has 2 atom stereocenters. The average molecular weight is 457 g/mol. The van der Waals surface area contributed by atoms with Crippen molar-refractivity contribution in [3.8, 4) is 17.1 Å². The lowest BCUT2D eigenvalue weighted by Crippen LogP contribution is -2.25. The van der Waals surface area contributed by atoms with Crippen LogP contribution in [0.1, 0.15) is 27.4 Å². The number of pyridine rings is 2. The number of rotatable bonds is 3. The molecule has 170 valence electrons. The highest BCUT2D eigenvalue weighted by molar-refractivity contribution is 6.06. The fourth-order valence-electron chi connectivity index (χ4n) is 5.20. The molecular weight excluding hydrogens is 437 g/mol. The minimum Gasteiger partial charge on any atom is -0.477 e.